The van der Waals surface area contributed by atoms with Crippen LogP contribution in [-0.2, 0) is 4.74 Å². The number of nitrogens with two attached hydrogens (primary N) is 1. The molecule has 1 fully saturated rings. The van der Waals surface area contributed by atoms with E-state index >= 15 is 0 Å². The summed E-state index contributed by atoms with van der Waals surface area (Å²) in [5, 5.41) is 0. The topological polar surface area (TPSA) is 52.3 Å². The Bertz CT molecular complexity index is 399. The molecule has 3 nitrogen and oxygen atoms in total. The molecule has 1 aliphatic rings. The van der Waals surface area contributed by atoms with Crippen molar-refractivity contribution in [2.24, 2.45) is 11.7 Å². The zero-order chi connectivity index (χ0) is 11.7. The third-order valence-corrected chi connectivity index (χ3v) is 2.79. The van der Waals surface area contributed by atoms with Crippen LogP contribution in [0.15, 0.2) is 18.2 Å². The lowest BCUT2D eigenvalue weighted by atomic mass is 9.93. The van der Waals surface area contributed by atoms with E-state index in [0.717, 1.165) is 5.56 Å². The maximum Gasteiger partial charge on any atom is 0.170 e. The molecule has 0 radical (unpaired) electrons. The van der Waals surface area contributed by atoms with Gasteiger partial charge in [-0.25, -0.2) is 4.39 Å². The van der Waals surface area contributed by atoms with E-state index < -0.39 is 5.82 Å². The Morgan fingerprint density at radius 2 is 2.19 bits per heavy atom. The van der Waals surface area contributed by atoms with Gasteiger partial charge in [0.2, 0.25) is 0 Å². The molecule has 0 spiro atoms. The highest BCUT2D eigenvalue weighted by Gasteiger charge is 2.32. The van der Waals surface area contributed by atoms with Crippen LogP contribution in [0.25, 0.3) is 0 Å². The minimum Gasteiger partial charge on any atom is -0.379 e. The molecule has 2 N–H and O–H groups in total. The van der Waals surface area contributed by atoms with Crippen molar-refractivity contribution in [2.45, 2.75) is 13.0 Å². The van der Waals surface area contributed by atoms with Crippen LogP contribution in [0.5, 0.6) is 0 Å². The number of ether oxygens (including phenoxy) is 1. The fraction of sp³-hybridized carbons (Fsp3) is 0.417. The second-order valence-corrected chi connectivity index (χ2v) is 4.19. The van der Waals surface area contributed by atoms with Gasteiger partial charge in [-0.3, -0.25) is 4.79 Å². The summed E-state index contributed by atoms with van der Waals surface area (Å²) in [5.74, 6) is -0.871. The number of halogens is 1. The van der Waals surface area contributed by atoms with Crippen LogP contribution in [0.1, 0.15) is 15.9 Å². The molecular weight excluding hydrogens is 209 g/mol. The van der Waals surface area contributed by atoms with Gasteiger partial charge in [-0.05, 0) is 30.7 Å². The number of carbonyl (C=O) groups excluding carboxylic acids is 1. The molecule has 86 valence electrons. The van der Waals surface area contributed by atoms with Gasteiger partial charge in [-0.15, -0.1) is 0 Å². The zero-order valence-corrected chi connectivity index (χ0v) is 9.07. The number of hydrogen-bond acceptors (Lipinski definition) is 3. The van der Waals surface area contributed by atoms with Crippen LogP contribution < -0.4 is 5.73 Å². The van der Waals surface area contributed by atoms with Crippen molar-refractivity contribution in [3.8, 4) is 0 Å². The first kappa shape index (κ1) is 11.2. The highest BCUT2D eigenvalue weighted by molar-refractivity contribution is 5.98. The summed E-state index contributed by atoms with van der Waals surface area (Å²) in [7, 11) is 0. The maximum atomic E-state index is 13.2. The Kier molecular flexibility index (Phi) is 3.03. The average molecular weight is 223 g/mol. The second kappa shape index (κ2) is 4.31. The quantitative estimate of drug-likeness (QED) is 0.769. The monoisotopic (exact) mass is 223 g/mol. The minimum absolute atomic E-state index is 0.132. The van der Waals surface area contributed by atoms with Gasteiger partial charge in [-0.2, -0.15) is 0 Å². The van der Waals surface area contributed by atoms with Crippen molar-refractivity contribution in [3.63, 3.8) is 0 Å². The Morgan fingerprint density at radius 3 is 2.75 bits per heavy atom. The first-order valence-electron chi connectivity index (χ1n) is 5.22. The SMILES string of the molecule is Cc1cc(F)cc(C(=O)C2COCC2N)c1. The van der Waals surface area contributed by atoms with Crippen LogP contribution in [0.2, 0.25) is 0 Å². The normalized spacial score (nSPS) is 24.7. The summed E-state index contributed by atoms with van der Waals surface area (Å²) < 4.78 is 18.3. The summed E-state index contributed by atoms with van der Waals surface area (Å²) in [6, 6.07) is 4.04. The third-order valence-electron chi connectivity index (χ3n) is 2.79. The van der Waals surface area contributed by atoms with E-state index in [2.05, 4.69) is 0 Å². The number of carbonyl (C=O) groups is 1. The van der Waals surface area contributed by atoms with Gasteiger partial charge < -0.3 is 10.5 Å². The highest BCUT2D eigenvalue weighted by atomic mass is 19.1. The highest BCUT2D eigenvalue weighted by Crippen LogP contribution is 2.19. The summed E-state index contributed by atoms with van der Waals surface area (Å²) in [6.07, 6.45) is 0. The summed E-state index contributed by atoms with van der Waals surface area (Å²) in [5.41, 5.74) is 6.86. The van der Waals surface area contributed by atoms with Gasteiger partial charge in [0, 0.05) is 11.6 Å². The van der Waals surface area contributed by atoms with Gasteiger partial charge in [-0.1, -0.05) is 0 Å². The van der Waals surface area contributed by atoms with Crippen molar-refractivity contribution in [3.05, 3.63) is 35.1 Å². The molecule has 1 heterocycles. The molecule has 0 amide bonds. The largest absolute Gasteiger partial charge is 0.379 e. The lowest BCUT2D eigenvalue weighted by Gasteiger charge is -2.12. The lowest BCUT2D eigenvalue weighted by molar-refractivity contribution is 0.0895. The molecule has 16 heavy (non-hydrogen) atoms. The van der Waals surface area contributed by atoms with Gasteiger partial charge in [0.25, 0.3) is 0 Å². The molecule has 2 rings (SSSR count). The van der Waals surface area contributed by atoms with E-state index in [4.69, 9.17) is 10.5 Å². The smallest absolute Gasteiger partial charge is 0.170 e. The molecular formula is C12H14FNO2. The van der Waals surface area contributed by atoms with Crippen LogP contribution in [-0.4, -0.2) is 25.0 Å². The Hall–Kier alpha value is -1.26. The molecule has 1 aromatic rings. The van der Waals surface area contributed by atoms with Crippen LogP contribution in [0, 0.1) is 18.7 Å². The zero-order valence-electron chi connectivity index (χ0n) is 9.07. The minimum atomic E-state index is -0.393. The molecule has 1 aliphatic heterocycles. The standard InChI is InChI=1S/C12H14FNO2/c1-7-2-8(4-9(13)3-7)12(15)10-5-16-6-11(10)14/h2-4,10-11H,5-6,14H2,1H3. The molecule has 1 aromatic carbocycles. The maximum absolute atomic E-state index is 13.2. The number of benzene rings is 1. The number of Topliss-reactive ketones (excluding diaryl/α,β-unsaturated/α-hetero) is 1. The molecule has 4 heteroatoms. The molecule has 1 saturated heterocycles. The molecule has 0 saturated carbocycles. The van der Waals surface area contributed by atoms with E-state index in [1.165, 1.54) is 12.1 Å². The molecule has 2 unspecified atom stereocenters. The van der Waals surface area contributed by atoms with Crippen molar-refractivity contribution in [1.29, 1.82) is 0 Å². The second-order valence-electron chi connectivity index (χ2n) is 4.19. The van der Waals surface area contributed by atoms with Crippen LogP contribution in [0.3, 0.4) is 0 Å². The van der Waals surface area contributed by atoms with Gasteiger partial charge in [0.1, 0.15) is 5.82 Å². The van der Waals surface area contributed by atoms with Gasteiger partial charge >= 0.3 is 0 Å². The number of rotatable bonds is 2. The predicted octanol–water partition coefficient (Wildman–Crippen LogP) is 1.29. The van der Waals surface area contributed by atoms with E-state index in [0.29, 0.717) is 18.8 Å². The first-order chi connectivity index (χ1) is 7.58. The number of aryl methyl sites for hydroxylation is 1. The van der Waals surface area contributed by atoms with E-state index in [-0.39, 0.29) is 17.7 Å². The van der Waals surface area contributed by atoms with Crippen molar-refractivity contribution in [1.82, 2.24) is 0 Å². The Balaban J connectivity index is 2.26. The fourth-order valence-corrected chi connectivity index (χ4v) is 1.93. The van der Waals surface area contributed by atoms with Crippen LogP contribution >= 0.6 is 0 Å². The Labute approximate surface area is 93.4 Å². The third kappa shape index (κ3) is 2.13. The summed E-state index contributed by atoms with van der Waals surface area (Å²) in [6.45, 7) is 2.48. The van der Waals surface area contributed by atoms with E-state index in [1.54, 1.807) is 13.0 Å². The predicted molar refractivity (Wildman–Crippen MR) is 57.8 cm³/mol. The summed E-state index contributed by atoms with van der Waals surface area (Å²) in [4.78, 5) is 12.0. The van der Waals surface area contributed by atoms with Gasteiger partial charge in [0.15, 0.2) is 5.78 Å². The van der Waals surface area contributed by atoms with Crippen molar-refractivity contribution in [2.75, 3.05) is 13.2 Å². The number of hydrogen-bond donors (Lipinski definition) is 1. The Morgan fingerprint density at radius 1 is 1.44 bits per heavy atom. The average Bonchev–Trinajstić information content (AvgIpc) is 2.62. The lowest BCUT2D eigenvalue weighted by Crippen LogP contribution is -2.34. The van der Waals surface area contributed by atoms with E-state index in [9.17, 15) is 9.18 Å². The molecule has 0 aromatic heterocycles. The van der Waals surface area contributed by atoms with Crippen molar-refractivity contribution < 1.29 is 13.9 Å². The van der Waals surface area contributed by atoms with E-state index in [1.807, 2.05) is 0 Å². The fourth-order valence-electron chi connectivity index (χ4n) is 1.93. The molecule has 2 atom stereocenters. The summed E-state index contributed by atoms with van der Waals surface area (Å²) >= 11 is 0. The van der Waals surface area contributed by atoms with Gasteiger partial charge in [0.05, 0.1) is 19.1 Å². The number of ketones is 1. The molecule has 0 bridgehead atoms. The van der Waals surface area contributed by atoms with Crippen LogP contribution in [0.4, 0.5) is 4.39 Å². The molecule has 0 aliphatic carbocycles. The van der Waals surface area contributed by atoms with Crippen molar-refractivity contribution >= 4 is 5.78 Å². The first-order valence-corrected chi connectivity index (χ1v) is 5.22.